The summed E-state index contributed by atoms with van der Waals surface area (Å²) in [6.07, 6.45) is 4.08. The van der Waals surface area contributed by atoms with Gasteiger partial charge in [-0.2, -0.15) is 11.8 Å². The lowest BCUT2D eigenvalue weighted by Gasteiger charge is -2.23. The quantitative estimate of drug-likeness (QED) is 0.662. The molecule has 2 nitrogen and oxygen atoms in total. The number of thioether (sulfide) groups is 1. The minimum atomic E-state index is 0.630. The monoisotopic (exact) mass is 220 g/mol. The molecule has 0 aliphatic carbocycles. The first kappa shape index (κ1) is 13.2. The van der Waals surface area contributed by atoms with Gasteiger partial charge >= 0.3 is 0 Å². The van der Waals surface area contributed by atoms with E-state index in [9.17, 15) is 0 Å². The molecule has 0 aromatic carbocycles. The molecule has 0 aromatic rings. The molecule has 78 valence electrons. The highest BCUT2D eigenvalue weighted by Crippen LogP contribution is 2.04. The molecule has 0 heterocycles. The molecule has 0 spiro atoms. The fourth-order valence-electron chi connectivity index (χ4n) is 1.09. The van der Waals surface area contributed by atoms with E-state index in [1.165, 1.54) is 5.75 Å². The molecule has 0 amide bonds. The zero-order chi connectivity index (χ0) is 10.3. The largest absolute Gasteiger partial charge is 0.393 e. The fourth-order valence-corrected chi connectivity index (χ4v) is 1.97. The van der Waals surface area contributed by atoms with Gasteiger partial charge < -0.3 is 10.6 Å². The van der Waals surface area contributed by atoms with Crippen molar-refractivity contribution in [1.29, 1.82) is 0 Å². The number of nitrogens with zero attached hydrogens (tertiary/aromatic N) is 1. The Labute approximate surface area is 91.2 Å². The standard InChI is InChI=1S/C9H20N2S2/c1-8(7-13-3)11(2)6-4-5-9(10)12/h8H,4-7H2,1-3H3,(H2,10,12). The molecule has 1 atom stereocenters. The lowest BCUT2D eigenvalue weighted by atomic mass is 10.2. The molecule has 13 heavy (non-hydrogen) atoms. The second-order valence-electron chi connectivity index (χ2n) is 3.35. The first-order chi connectivity index (χ1) is 6.07. The maximum absolute atomic E-state index is 5.42. The van der Waals surface area contributed by atoms with Gasteiger partial charge in [0.2, 0.25) is 0 Å². The highest BCUT2D eigenvalue weighted by atomic mass is 32.2. The third kappa shape index (κ3) is 7.28. The van der Waals surface area contributed by atoms with Crippen LogP contribution in [-0.2, 0) is 0 Å². The van der Waals surface area contributed by atoms with Crippen molar-refractivity contribution in [2.24, 2.45) is 5.73 Å². The highest BCUT2D eigenvalue weighted by molar-refractivity contribution is 7.98. The number of hydrogen-bond donors (Lipinski definition) is 1. The Morgan fingerprint density at radius 2 is 2.23 bits per heavy atom. The lowest BCUT2D eigenvalue weighted by Crippen LogP contribution is -2.32. The summed E-state index contributed by atoms with van der Waals surface area (Å²) in [5, 5.41) is 0. The van der Waals surface area contributed by atoms with Crippen molar-refractivity contribution in [3.8, 4) is 0 Å². The van der Waals surface area contributed by atoms with Crippen LogP contribution in [0.3, 0.4) is 0 Å². The van der Waals surface area contributed by atoms with Gasteiger partial charge in [-0.1, -0.05) is 12.2 Å². The van der Waals surface area contributed by atoms with E-state index in [0.717, 1.165) is 19.4 Å². The number of nitrogens with two attached hydrogens (primary N) is 1. The van der Waals surface area contributed by atoms with Crippen LogP contribution < -0.4 is 5.73 Å². The van der Waals surface area contributed by atoms with Crippen LogP contribution in [0, 0.1) is 0 Å². The fraction of sp³-hybridized carbons (Fsp3) is 0.889. The molecule has 0 radical (unpaired) electrons. The molecule has 0 aromatic heterocycles. The van der Waals surface area contributed by atoms with Gasteiger partial charge in [-0.15, -0.1) is 0 Å². The van der Waals surface area contributed by atoms with E-state index >= 15 is 0 Å². The molecule has 1 unspecified atom stereocenters. The van der Waals surface area contributed by atoms with E-state index in [4.69, 9.17) is 18.0 Å². The highest BCUT2D eigenvalue weighted by Gasteiger charge is 2.07. The number of hydrogen-bond acceptors (Lipinski definition) is 3. The van der Waals surface area contributed by atoms with Crippen LogP contribution in [0.5, 0.6) is 0 Å². The molecular weight excluding hydrogens is 200 g/mol. The van der Waals surface area contributed by atoms with E-state index in [2.05, 4.69) is 25.1 Å². The minimum absolute atomic E-state index is 0.630. The summed E-state index contributed by atoms with van der Waals surface area (Å²) in [7, 11) is 2.15. The first-order valence-electron chi connectivity index (χ1n) is 4.55. The Bertz CT molecular complexity index is 151. The Hall–Kier alpha value is 0.200. The summed E-state index contributed by atoms with van der Waals surface area (Å²) in [5.41, 5.74) is 5.42. The Morgan fingerprint density at radius 1 is 1.62 bits per heavy atom. The van der Waals surface area contributed by atoms with Crippen LogP contribution in [0.1, 0.15) is 19.8 Å². The van der Waals surface area contributed by atoms with Crippen LogP contribution in [0.2, 0.25) is 0 Å². The van der Waals surface area contributed by atoms with Gasteiger partial charge in [-0.3, -0.25) is 0 Å². The van der Waals surface area contributed by atoms with Crippen LogP contribution in [0.15, 0.2) is 0 Å². The first-order valence-corrected chi connectivity index (χ1v) is 6.35. The zero-order valence-electron chi connectivity index (χ0n) is 8.75. The average molecular weight is 220 g/mol. The van der Waals surface area contributed by atoms with Crippen molar-refractivity contribution < 1.29 is 0 Å². The van der Waals surface area contributed by atoms with Gasteiger partial charge in [0.25, 0.3) is 0 Å². The van der Waals surface area contributed by atoms with E-state index in [0.29, 0.717) is 11.0 Å². The maximum atomic E-state index is 5.42. The third-order valence-corrected chi connectivity index (χ3v) is 3.11. The second kappa shape index (κ2) is 7.59. The van der Waals surface area contributed by atoms with Gasteiger partial charge in [0.1, 0.15) is 0 Å². The molecule has 0 aliphatic rings. The van der Waals surface area contributed by atoms with E-state index < -0.39 is 0 Å². The van der Waals surface area contributed by atoms with Crippen molar-refractivity contribution in [2.45, 2.75) is 25.8 Å². The zero-order valence-corrected chi connectivity index (χ0v) is 10.4. The molecule has 2 N–H and O–H groups in total. The molecule has 0 saturated heterocycles. The van der Waals surface area contributed by atoms with Gasteiger partial charge in [0.05, 0.1) is 4.99 Å². The second-order valence-corrected chi connectivity index (χ2v) is 4.79. The van der Waals surface area contributed by atoms with Gasteiger partial charge in [-0.25, -0.2) is 0 Å². The summed E-state index contributed by atoms with van der Waals surface area (Å²) >= 11 is 6.71. The van der Waals surface area contributed by atoms with E-state index in [-0.39, 0.29) is 0 Å². The maximum Gasteiger partial charge on any atom is 0.0727 e. The third-order valence-electron chi connectivity index (χ3n) is 2.09. The molecule has 4 heteroatoms. The van der Waals surface area contributed by atoms with Gasteiger partial charge in [0.15, 0.2) is 0 Å². The van der Waals surface area contributed by atoms with E-state index in [1.54, 1.807) is 0 Å². The lowest BCUT2D eigenvalue weighted by molar-refractivity contribution is 0.276. The molecule has 0 rings (SSSR count). The summed E-state index contributed by atoms with van der Waals surface area (Å²) in [4.78, 5) is 2.99. The topological polar surface area (TPSA) is 29.3 Å². The minimum Gasteiger partial charge on any atom is -0.393 e. The van der Waals surface area contributed by atoms with Crippen LogP contribution in [0.25, 0.3) is 0 Å². The van der Waals surface area contributed by atoms with Crippen molar-refractivity contribution in [3.63, 3.8) is 0 Å². The van der Waals surface area contributed by atoms with Crippen molar-refractivity contribution >= 4 is 29.0 Å². The molecule has 0 fully saturated rings. The Balaban J connectivity index is 3.49. The SMILES string of the molecule is CSCC(C)N(C)CCCC(N)=S. The van der Waals surface area contributed by atoms with Crippen molar-refractivity contribution in [3.05, 3.63) is 0 Å². The van der Waals surface area contributed by atoms with Gasteiger partial charge in [0, 0.05) is 11.8 Å². The summed E-state index contributed by atoms with van der Waals surface area (Å²) in [6, 6.07) is 0.640. The Morgan fingerprint density at radius 3 is 2.69 bits per heavy atom. The van der Waals surface area contributed by atoms with Crippen LogP contribution >= 0.6 is 24.0 Å². The molecular formula is C9H20N2S2. The number of rotatable bonds is 7. The van der Waals surface area contributed by atoms with Gasteiger partial charge in [-0.05, 0) is 39.6 Å². The summed E-state index contributed by atoms with van der Waals surface area (Å²) < 4.78 is 0. The van der Waals surface area contributed by atoms with Crippen LogP contribution in [-0.4, -0.2) is 41.5 Å². The average Bonchev–Trinajstić information content (AvgIpc) is 2.04. The smallest absolute Gasteiger partial charge is 0.0727 e. The van der Waals surface area contributed by atoms with Crippen molar-refractivity contribution in [2.75, 3.05) is 25.6 Å². The summed E-state index contributed by atoms with van der Waals surface area (Å²) in [5.74, 6) is 1.18. The molecule has 0 saturated carbocycles. The van der Waals surface area contributed by atoms with E-state index in [1.807, 2.05) is 11.8 Å². The van der Waals surface area contributed by atoms with Crippen LogP contribution in [0.4, 0.5) is 0 Å². The molecule has 0 bridgehead atoms. The Kier molecular flexibility index (Phi) is 7.71. The normalized spacial score (nSPS) is 13.2. The number of thiocarbonyl (C=S) groups is 1. The predicted molar refractivity (Wildman–Crippen MR) is 66.5 cm³/mol. The molecule has 0 aliphatic heterocycles. The van der Waals surface area contributed by atoms with Crippen molar-refractivity contribution in [1.82, 2.24) is 4.90 Å². The predicted octanol–water partition coefficient (Wildman–Crippen LogP) is 1.74. The summed E-state index contributed by atoms with van der Waals surface area (Å²) in [6.45, 7) is 3.33.